The first-order chi connectivity index (χ1) is 18.3. The third kappa shape index (κ3) is 4.82. The maximum absolute atomic E-state index is 2.34. The van der Waals surface area contributed by atoms with E-state index in [-0.39, 0.29) is 0 Å². The fourth-order valence-electron chi connectivity index (χ4n) is 5.39. The van der Waals surface area contributed by atoms with E-state index >= 15 is 0 Å². The van der Waals surface area contributed by atoms with Crippen LogP contribution in [0.2, 0.25) is 0 Å². The highest BCUT2D eigenvalue weighted by Crippen LogP contribution is 2.38. The predicted molar refractivity (Wildman–Crippen MR) is 165 cm³/mol. The summed E-state index contributed by atoms with van der Waals surface area (Å²) in [5, 5.41) is 2.71. The zero-order chi connectivity index (χ0) is 26.8. The van der Waals surface area contributed by atoms with E-state index in [0.29, 0.717) is 0 Å². The molecule has 2 heteroatoms. The van der Waals surface area contributed by atoms with Crippen molar-refractivity contribution in [3.63, 3.8) is 0 Å². The molecule has 0 amide bonds. The van der Waals surface area contributed by atoms with E-state index < -0.39 is 0 Å². The summed E-state index contributed by atoms with van der Waals surface area (Å²) < 4.78 is 2.30. The van der Waals surface area contributed by atoms with E-state index in [2.05, 4.69) is 160 Å². The van der Waals surface area contributed by atoms with Gasteiger partial charge in [-0.1, -0.05) is 78.9 Å². The molecule has 0 radical (unpaired) electrons. The molecule has 1 aromatic heterocycles. The van der Waals surface area contributed by atoms with Gasteiger partial charge in [0.25, 0.3) is 0 Å². The molecule has 6 rings (SSSR count). The number of anilines is 3. The molecule has 38 heavy (non-hydrogen) atoms. The van der Waals surface area contributed by atoms with Gasteiger partial charge in [0.2, 0.25) is 0 Å². The topological polar surface area (TPSA) is 8.17 Å². The Morgan fingerprint density at radius 3 is 1.71 bits per heavy atom. The van der Waals surface area contributed by atoms with E-state index in [9.17, 15) is 0 Å². The molecule has 1 heterocycles. The van der Waals surface area contributed by atoms with Crippen LogP contribution in [-0.2, 0) is 7.05 Å². The van der Waals surface area contributed by atoms with Crippen molar-refractivity contribution in [2.24, 2.45) is 7.05 Å². The Balaban J connectivity index is 0.000000162. The lowest BCUT2D eigenvalue weighted by molar-refractivity contribution is 1.01. The van der Waals surface area contributed by atoms with Crippen LogP contribution in [0.25, 0.3) is 21.8 Å². The summed E-state index contributed by atoms with van der Waals surface area (Å²) in [4.78, 5) is 2.34. The first-order valence-corrected chi connectivity index (χ1v) is 13.3. The lowest BCUT2D eigenvalue weighted by atomic mass is 10.1. The highest BCUT2D eigenvalue weighted by molar-refractivity contribution is 6.09. The minimum atomic E-state index is 1.20. The lowest BCUT2D eigenvalue weighted by Crippen LogP contribution is -2.12. The van der Waals surface area contributed by atoms with Crippen LogP contribution in [0.5, 0.6) is 0 Å². The van der Waals surface area contributed by atoms with Crippen molar-refractivity contribution in [2.45, 2.75) is 34.6 Å². The summed E-state index contributed by atoms with van der Waals surface area (Å²) in [5.41, 5.74) is 12.8. The van der Waals surface area contributed by atoms with Gasteiger partial charge in [-0.15, -0.1) is 0 Å². The molecule has 2 nitrogen and oxygen atoms in total. The van der Waals surface area contributed by atoms with Gasteiger partial charge in [-0.2, -0.15) is 0 Å². The van der Waals surface area contributed by atoms with Gasteiger partial charge in [-0.25, -0.2) is 0 Å². The number of nitrogens with zero attached hydrogens (tertiary/aromatic N) is 2. The molecule has 0 saturated heterocycles. The SMILES string of the molecule is Cc1ccc2c3cccc(C)c3n(C)c2c1.Cc1cccc(N(c2ccccc2C)c2ccccc2C)c1. The average Bonchev–Trinajstić information content (AvgIpc) is 3.19. The fourth-order valence-corrected chi connectivity index (χ4v) is 5.39. The van der Waals surface area contributed by atoms with Crippen LogP contribution in [0.15, 0.2) is 109 Å². The van der Waals surface area contributed by atoms with Crippen molar-refractivity contribution in [3.05, 3.63) is 137 Å². The molecule has 0 saturated carbocycles. The number of aryl methyl sites for hydroxylation is 6. The molecule has 0 N–H and O–H groups in total. The summed E-state index contributed by atoms with van der Waals surface area (Å²) in [6, 6.07) is 38.9. The maximum Gasteiger partial charge on any atom is 0.0518 e. The molecule has 6 aromatic rings. The summed E-state index contributed by atoms with van der Waals surface area (Å²) in [7, 11) is 2.15. The van der Waals surface area contributed by atoms with Gasteiger partial charge in [0.05, 0.1) is 5.52 Å². The standard InChI is InChI=1S/C21H21N.C15H15N/c1-16-9-8-12-19(15-16)22(20-13-6-4-10-17(20)2)21-14-7-5-11-18(21)3;1-10-7-8-12-13-6-4-5-11(2)15(13)16(3)14(12)9-10/h4-15H,1-3H3;4-9H,1-3H3. The van der Waals surface area contributed by atoms with Crippen molar-refractivity contribution < 1.29 is 0 Å². The molecule has 0 unspecified atom stereocenters. The zero-order valence-electron chi connectivity index (χ0n) is 23.3. The Morgan fingerprint density at radius 1 is 0.500 bits per heavy atom. The predicted octanol–water partition coefficient (Wildman–Crippen LogP) is 10.0. The molecule has 190 valence electrons. The number of hydrogen-bond donors (Lipinski definition) is 0. The van der Waals surface area contributed by atoms with Crippen LogP contribution >= 0.6 is 0 Å². The van der Waals surface area contributed by atoms with E-state index in [0.717, 1.165) is 0 Å². The Kier molecular flexibility index (Phi) is 7.07. The monoisotopic (exact) mass is 496 g/mol. The second kappa shape index (κ2) is 10.6. The van der Waals surface area contributed by atoms with Crippen LogP contribution in [0.4, 0.5) is 17.1 Å². The minimum Gasteiger partial charge on any atom is -0.343 e. The molecule has 5 aromatic carbocycles. The molecule has 0 bridgehead atoms. The third-order valence-corrected chi connectivity index (χ3v) is 7.35. The van der Waals surface area contributed by atoms with Gasteiger partial charge in [-0.3, -0.25) is 0 Å². The Morgan fingerprint density at radius 2 is 1.08 bits per heavy atom. The summed E-state index contributed by atoms with van der Waals surface area (Å²) >= 11 is 0. The van der Waals surface area contributed by atoms with Gasteiger partial charge in [0, 0.05) is 40.4 Å². The largest absolute Gasteiger partial charge is 0.343 e. The maximum atomic E-state index is 2.34. The molecular weight excluding hydrogens is 460 g/mol. The average molecular weight is 497 g/mol. The Hall–Kier alpha value is -4.30. The van der Waals surface area contributed by atoms with Gasteiger partial charge in [-0.05, 0) is 92.8 Å². The number of fused-ring (bicyclic) bond motifs is 3. The Labute approximate surface area is 226 Å². The van der Waals surface area contributed by atoms with E-state index in [1.165, 1.54) is 66.7 Å². The van der Waals surface area contributed by atoms with Crippen molar-refractivity contribution in [3.8, 4) is 0 Å². The first-order valence-electron chi connectivity index (χ1n) is 13.3. The lowest BCUT2D eigenvalue weighted by Gasteiger charge is -2.28. The van der Waals surface area contributed by atoms with Crippen molar-refractivity contribution in [1.82, 2.24) is 4.57 Å². The van der Waals surface area contributed by atoms with Crippen molar-refractivity contribution in [1.29, 1.82) is 0 Å². The van der Waals surface area contributed by atoms with Crippen molar-refractivity contribution in [2.75, 3.05) is 4.90 Å². The summed E-state index contributed by atoms with van der Waals surface area (Å²) in [5.74, 6) is 0. The summed E-state index contributed by atoms with van der Waals surface area (Å²) in [6.07, 6.45) is 0. The molecule has 0 atom stereocenters. The molecule has 0 spiro atoms. The normalized spacial score (nSPS) is 10.9. The molecular formula is C36H36N2. The van der Waals surface area contributed by atoms with Gasteiger partial charge in [0.1, 0.15) is 0 Å². The Bertz CT molecular complexity index is 1690. The minimum absolute atomic E-state index is 1.20. The van der Waals surface area contributed by atoms with Gasteiger partial charge in [0.15, 0.2) is 0 Å². The van der Waals surface area contributed by atoms with Crippen LogP contribution in [0, 0.1) is 34.6 Å². The molecule has 0 aliphatic rings. The smallest absolute Gasteiger partial charge is 0.0518 e. The van der Waals surface area contributed by atoms with Gasteiger partial charge < -0.3 is 9.47 Å². The quantitative estimate of drug-likeness (QED) is 0.237. The highest BCUT2D eigenvalue weighted by Gasteiger charge is 2.15. The number of benzene rings is 5. The van der Waals surface area contributed by atoms with Crippen LogP contribution < -0.4 is 4.90 Å². The van der Waals surface area contributed by atoms with Crippen molar-refractivity contribution >= 4 is 38.9 Å². The van der Waals surface area contributed by atoms with Crippen LogP contribution in [-0.4, -0.2) is 4.57 Å². The molecule has 0 aliphatic carbocycles. The number of aromatic nitrogens is 1. The fraction of sp³-hybridized carbons (Fsp3) is 0.167. The second-order valence-electron chi connectivity index (χ2n) is 10.3. The zero-order valence-corrected chi connectivity index (χ0v) is 23.3. The number of rotatable bonds is 3. The van der Waals surface area contributed by atoms with E-state index in [4.69, 9.17) is 0 Å². The second-order valence-corrected chi connectivity index (χ2v) is 10.3. The highest BCUT2D eigenvalue weighted by atomic mass is 15.1. The third-order valence-electron chi connectivity index (χ3n) is 7.35. The summed E-state index contributed by atoms with van der Waals surface area (Å²) in [6.45, 7) is 10.8. The van der Waals surface area contributed by atoms with Gasteiger partial charge >= 0.3 is 0 Å². The first kappa shape index (κ1) is 25.4. The number of para-hydroxylation sites is 3. The van der Waals surface area contributed by atoms with Crippen LogP contribution in [0.3, 0.4) is 0 Å². The molecule has 0 aliphatic heterocycles. The molecule has 0 fully saturated rings. The van der Waals surface area contributed by atoms with Crippen LogP contribution in [0.1, 0.15) is 27.8 Å². The number of hydrogen-bond acceptors (Lipinski definition) is 1. The van der Waals surface area contributed by atoms with E-state index in [1.807, 2.05) is 0 Å². The van der Waals surface area contributed by atoms with E-state index in [1.54, 1.807) is 0 Å².